The highest BCUT2D eigenvalue weighted by atomic mass is 35.5. The highest BCUT2D eigenvalue weighted by molar-refractivity contribution is 7.89. The van der Waals surface area contributed by atoms with E-state index in [2.05, 4.69) is 10.0 Å². The Morgan fingerprint density at radius 3 is 2.11 bits per heavy atom. The molecule has 4 aromatic carbocycles. The molecule has 0 unspecified atom stereocenters. The van der Waals surface area contributed by atoms with Crippen molar-refractivity contribution in [2.75, 3.05) is 0 Å². The lowest BCUT2D eigenvalue weighted by molar-refractivity contribution is -0.141. The van der Waals surface area contributed by atoms with E-state index >= 15 is 0 Å². The monoisotopic (exact) mass is 663 g/mol. The molecule has 1 fully saturated rings. The van der Waals surface area contributed by atoms with Gasteiger partial charge in [0.25, 0.3) is 0 Å². The van der Waals surface area contributed by atoms with E-state index in [0.29, 0.717) is 22.9 Å². The molecule has 0 radical (unpaired) electrons. The van der Waals surface area contributed by atoms with E-state index in [-0.39, 0.29) is 42.3 Å². The lowest BCUT2D eigenvalue weighted by Crippen LogP contribution is -2.50. The molecule has 2 N–H and O–H groups in total. The highest BCUT2D eigenvalue weighted by Gasteiger charge is 2.31. The minimum Gasteiger partial charge on any atom is -0.350 e. The molecule has 1 saturated carbocycles. The number of nitrogens with zero attached hydrogens (tertiary/aromatic N) is 1. The summed E-state index contributed by atoms with van der Waals surface area (Å²) in [7, 11) is -3.56. The SMILES string of the molecule is O=C(NCc1ccccc1Cl)[C@H](Cc1ccccc1)N(Cc1ccc(Cl)cc1)C(=O)CCc1ccc(S(=O)(=O)NC2CC2)cc1. The summed E-state index contributed by atoms with van der Waals surface area (Å²) in [6, 6.07) is 29.9. The Bertz CT molecular complexity index is 1710. The normalized spacial score (nSPS) is 13.6. The number of aryl methyl sites for hydroxylation is 1. The molecule has 234 valence electrons. The van der Waals surface area contributed by atoms with Crippen molar-refractivity contribution in [3.8, 4) is 0 Å². The minimum atomic E-state index is -3.56. The maximum Gasteiger partial charge on any atom is 0.243 e. The third kappa shape index (κ3) is 9.41. The van der Waals surface area contributed by atoms with Crippen molar-refractivity contribution in [2.45, 2.75) is 62.2 Å². The first kappa shape index (κ1) is 32.7. The number of amides is 2. The van der Waals surface area contributed by atoms with Crippen LogP contribution in [0.5, 0.6) is 0 Å². The Morgan fingerprint density at radius 2 is 1.44 bits per heavy atom. The summed E-state index contributed by atoms with van der Waals surface area (Å²) in [5.74, 6) is -0.496. The van der Waals surface area contributed by atoms with Crippen molar-refractivity contribution in [2.24, 2.45) is 0 Å². The van der Waals surface area contributed by atoms with Crippen LogP contribution in [0.15, 0.2) is 108 Å². The standard InChI is InChI=1S/C35H35Cl2N3O4S/c36-29-15-10-27(11-16-29)24-40(34(41)21-14-25-12-19-31(20-13-25)45(43,44)39-30-17-18-30)33(22-26-6-2-1-3-7-26)35(42)38-23-28-8-4-5-9-32(28)37/h1-13,15-16,19-20,30,33,39H,14,17-18,21-24H2,(H,38,42)/t33-/m0/s1. The summed E-state index contributed by atoms with van der Waals surface area (Å²) < 4.78 is 27.8. The fourth-order valence-corrected chi connectivity index (χ4v) is 6.63. The third-order valence-electron chi connectivity index (χ3n) is 7.71. The first-order chi connectivity index (χ1) is 21.7. The van der Waals surface area contributed by atoms with E-state index in [0.717, 1.165) is 35.1 Å². The number of hydrogen-bond donors (Lipinski definition) is 2. The van der Waals surface area contributed by atoms with Crippen molar-refractivity contribution < 1.29 is 18.0 Å². The van der Waals surface area contributed by atoms with Crippen molar-refractivity contribution in [3.05, 3.63) is 135 Å². The van der Waals surface area contributed by atoms with E-state index in [1.54, 1.807) is 47.4 Å². The van der Waals surface area contributed by atoms with Crippen molar-refractivity contribution in [1.29, 1.82) is 0 Å². The predicted molar refractivity (Wildman–Crippen MR) is 177 cm³/mol. The molecular weight excluding hydrogens is 629 g/mol. The Hall–Kier alpha value is -3.69. The number of sulfonamides is 1. The molecule has 1 atom stereocenters. The van der Waals surface area contributed by atoms with Gasteiger partial charge in [0.2, 0.25) is 21.8 Å². The third-order valence-corrected chi connectivity index (χ3v) is 9.87. The van der Waals surface area contributed by atoms with Crippen LogP contribution in [0.3, 0.4) is 0 Å². The summed E-state index contributed by atoms with van der Waals surface area (Å²) in [5.41, 5.74) is 3.35. The number of benzene rings is 4. The molecule has 2 amide bonds. The molecule has 10 heteroatoms. The van der Waals surface area contributed by atoms with Crippen LogP contribution in [0, 0.1) is 0 Å². The van der Waals surface area contributed by atoms with E-state index in [1.807, 2.05) is 60.7 Å². The van der Waals surface area contributed by atoms with Crippen LogP contribution < -0.4 is 10.0 Å². The first-order valence-electron chi connectivity index (χ1n) is 14.9. The Kier molecular flexibility index (Phi) is 10.9. The smallest absolute Gasteiger partial charge is 0.243 e. The van der Waals surface area contributed by atoms with Gasteiger partial charge in [0, 0.05) is 42.0 Å². The fraction of sp³-hybridized carbons (Fsp3) is 0.257. The van der Waals surface area contributed by atoms with Crippen molar-refractivity contribution in [3.63, 3.8) is 0 Å². The Balaban J connectivity index is 1.37. The molecule has 7 nitrogen and oxygen atoms in total. The average molecular weight is 665 g/mol. The number of hydrogen-bond acceptors (Lipinski definition) is 4. The minimum absolute atomic E-state index is 0.0182. The molecule has 0 aromatic heterocycles. The summed E-state index contributed by atoms with van der Waals surface area (Å²) in [5, 5.41) is 4.13. The van der Waals surface area contributed by atoms with Gasteiger partial charge in [-0.2, -0.15) is 0 Å². The van der Waals surface area contributed by atoms with E-state index in [4.69, 9.17) is 23.2 Å². The van der Waals surface area contributed by atoms with Crippen LogP contribution in [0.2, 0.25) is 10.0 Å². The zero-order chi connectivity index (χ0) is 31.8. The molecular formula is C35H35Cl2N3O4S. The molecule has 4 aromatic rings. The van der Waals surface area contributed by atoms with Crippen LogP contribution in [-0.4, -0.2) is 37.2 Å². The molecule has 1 aliphatic carbocycles. The zero-order valence-corrected chi connectivity index (χ0v) is 27.0. The van der Waals surface area contributed by atoms with Gasteiger partial charge < -0.3 is 10.2 Å². The maximum atomic E-state index is 14.0. The van der Waals surface area contributed by atoms with E-state index in [1.165, 1.54) is 0 Å². The summed E-state index contributed by atoms with van der Waals surface area (Å²) in [4.78, 5) is 29.7. The second-order valence-electron chi connectivity index (χ2n) is 11.2. The van der Waals surface area contributed by atoms with E-state index < -0.39 is 16.1 Å². The summed E-state index contributed by atoms with van der Waals surface area (Å²) >= 11 is 12.5. The second-order valence-corrected chi connectivity index (χ2v) is 13.8. The van der Waals surface area contributed by atoms with Gasteiger partial charge in [0.1, 0.15) is 6.04 Å². The Morgan fingerprint density at radius 1 is 0.800 bits per heavy atom. The topological polar surface area (TPSA) is 95.6 Å². The molecule has 0 bridgehead atoms. The van der Waals surface area contributed by atoms with Gasteiger partial charge in [0.05, 0.1) is 4.90 Å². The van der Waals surface area contributed by atoms with Crippen LogP contribution >= 0.6 is 23.2 Å². The van der Waals surface area contributed by atoms with Crippen LogP contribution in [0.1, 0.15) is 41.5 Å². The van der Waals surface area contributed by atoms with E-state index in [9.17, 15) is 18.0 Å². The second kappa shape index (κ2) is 15.1. The summed E-state index contributed by atoms with van der Waals surface area (Å²) in [6.07, 6.45) is 2.54. The van der Waals surface area contributed by atoms with Gasteiger partial charge in [0.15, 0.2) is 0 Å². The van der Waals surface area contributed by atoms with Gasteiger partial charge in [-0.3, -0.25) is 9.59 Å². The molecule has 0 spiro atoms. The number of carbonyl (C=O) groups is 2. The quantitative estimate of drug-likeness (QED) is 0.165. The van der Waals surface area contributed by atoms with Gasteiger partial charge in [-0.1, -0.05) is 96.0 Å². The molecule has 5 rings (SSSR count). The largest absolute Gasteiger partial charge is 0.350 e. The number of halogens is 2. The zero-order valence-electron chi connectivity index (χ0n) is 24.7. The van der Waals surface area contributed by atoms with Crippen molar-refractivity contribution >= 4 is 45.0 Å². The lowest BCUT2D eigenvalue weighted by Gasteiger charge is -2.32. The number of nitrogens with one attached hydrogen (secondary N) is 2. The van der Waals surface area contributed by atoms with Gasteiger partial charge >= 0.3 is 0 Å². The van der Waals surface area contributed by atoms with Crippen LogP contribution in [-0.2, 0) is 45.5 Å². The van der Waals surface area contributed by atoms with Crippen molar-refractivity contribution in [1.82, 2.24) is 14.9 Å². The molecule has 1 aliphatic rings. The van der Waals surface area contributed by atoms with Crippen LogP contribution in [0.25, 0.3) is 0 Å². The van der Waals surface area contributed by atoms with Gasteiger partial charge in [-0.05, 0) is 71.8 Å². The van der Waals surface area contributed by atoms with Gasteiger partial charge in [-0.15, -0.1) is 0 Å². The predicted octanol–water partition coefficient (Wildman–Crippen LogP) is 6.32. The lowest BCUT2D eigenvalue weighted by atomic mass is 10.0. The number of rotatable bonds is 14. The average Bonchev–Trinajstić information content (AvgIpc) is 3.86. The maximum absolute atomic E-state index is 14.0. The molecule has 0 aliphatic heterocycles. The number of carbonyl (C=O) groups excluding carboxylic acids is 2. The highest BCUT2D eigenvalue weighted by Crippen LogP contribution is 2.23. The van der Waals surface area contributed by atoms with Crippen LogP contribution in [0.4, 0.5) is 0 Å². The Labute approximate surface area is 274 Å². The molecule has 0 saturated heterocycles. The van der Waals surface area contributed by atoms with Gasteiger partial charge in [-0.25, -0.2) is 13.1 Å². The molecule has 45 heavy (non-hydrogen) atoms. The summed E-state index contributed by atoms with van der Waals surface area (Å²) in [6.45, 7) is 0.425. The molecule has 0 heterocycles. The first-order valence-corrected chi connectivity index (χ1v) is 17.1. The fourth-order valence-electron chi connectivity index (χ4n) is 5.00.